The van der Waals surface area contributed by atoms with Crippen LogP contribution < -0.4 is 0 Å². The van der Waals surface area contributed by atoms with E-state index >= 15 is 0 Å². The van der Waals surface area contributed by atoms with E-state index in [4.69, 9.17) is 0 Å². The van der Waals surface area contributed by atoms with Crippen LogP contribution in [0.3, 0.4) is 0 Å². The third-order valence-electron chi connectivity index (χ3n) is 3.86. The summed E-state index contributed by atoms with van der Waals surface area (Å²) in [5.41, 5.74) is 2.42. The molecule has 3 aromatic carbocycles. The Balaban J connectivity index is 1.69. The Kier molecular flexibility index (Phi) is 3.24. The van der Waals surface area contributed by atoms with Crippen molar-refractivity contribution in [1.29, 1.82) is 0 Å². The fourth-order valence-corrected chi connectivity index (χ4v) is 2.65. The van der Waals surface area contributed by atoms with Gasteiger partial charge in [-0.05, 0) is 29.0 Å². The lowest BCUT2D eigenvalue weighted by molar-refractivity contribution is 0.0945. The van der Waals surface area contributed by atoms with Crippen LogP contribution in [0, 0.1) is 0 Å². The van der Waals surface area contributed by atoms with Crippen molar-refractivity contribution >= 4 is 16.7 Å². The van der Waals surface area contributed by atoms with Gasteiger partial charge in [-0.3, -0.25) is 4.79 Å². The summed E-state index contributed by atoms with van der Waals surface area (Å²) in [6.07, 6.45) is 1.71. The van der Waals surface area contributed by atoms with Gasteiger partial charge in [-0.2, -0.15) is 5.10 Å². The highest BCUT2D eigenvalue weighted by atomic mass is 16.2. The van der Waals surface area contributed by atoms with Gasteiger partial charge in [0.2, 0.25) is 0 Å². The van der Waals surface area contributed by atoms with Crippen LogP contribution in [-0.2, 0) is 0 Å². The molecule has 0 radical (unpaired) electrons. The van der Waals surface area contributed by atoms with Gasteiger partial charge in [-0.1, -0.05) is 60.7 Å². The lowest BCUT2D eigenvalue weighted by Gasteiger charge is -2.03. The first-order valence-electron chi connectivity index (χ1n) is 7.46. The molecule has 3 nitrogen and oxygen atoms in total. The maximum absolute atomic E-state index is 12.6. The first kappa shape index (κ1) is 13.5. The average molecular weight is 298 g/mol. The molecule has 0 bridgehead atoms. The Labute approximate surface area is 133 Å². The number of hydrogen-bond acceptors (Lipinski definition) is 2. The molecule has 1 heterocycles. The molecule has 0 spiro atoms. The van der Waals surface area contributed by atoms with Crippen molar-refractivity contribution in [2.45, 2.75) is 0 Å². The van der Waals surface area contributed by atoms with Gasteiger partial charge in [0.25, 0.3) is 5.91 Å². The zero-order valence-corrected chi connectivity index (χ0v) is 12.4. The predicted octanol–water partition coefficient (Wildman–Crippen LogP) is 4.39. The SMILES string of the molecule is O=C(c1ccc2ccccc2c1)n1ccc(-c2ccccc2)n1. The van der Waals surface area contributed by atoms with Gasteiger partial charge < -0.3 is 0 Å². The lowest BCUT2D eigenvalue weighted by atomic mass is 10.1. The second-order valence-electron chi connectivity index (χ2n) is 5.38. The van der Waals surface area contributed by atoms with E-state index in [1.165, 1.54) is 4.68 Å². The van der Waals surface area contributed by atoms with Gasteiger partial charge in [-0.15, -0.1) is 0 Å². The van der Waals surface area contributed by atoms with Crippen molar-refractivity contribution in [2.24, 2.45) is 0 Å². The van der Waals surface area contributed by atoms with Crippen LogP contribution in [0.25, 0.3) is 22.0 Å². The zero-order chi connectivity index (χ0) is 15.6. The minimum absolute atomic E-state index is 0.127. The van der Waals surface area contributed by atoms with E-state index in [1.807, 2.05) is 78.9 Å². The Bertz CT molecular complexity index is 987. The maximum Gasteiger partial charge on any atom is 0.278 e. The minimum Gasteiger partial charge on any atom is -0.267 e. The molecule has 0 aliphatic rings. The normalized spacial score (nSPS) is 10.8. The fourth-order valence-electron chi connectivity index (χ4n) is 2.65. The number of rotatable bonds is 2. The summed E-state index contributed by atoms with van der Waals surface area (Å²) in [6.45, 7) is 0. The molecule has 0 atom stereocenters. The van der Waals surface area contributed by atoms with Gasteiger partial charge in [0.15, 0.2) is 0 Å². The Morgan fingerprint density at radius 3 is 2.35 bits per heavy atom. The average Bonchev–Trinajstić information content (AvgIpc) is 3.11. The zero-order valence-electron chi connectivity index (χ0n) is 12.4. The number of aromatic nitrogens is 2. The number of benzene rings is 3. The number of carbonyl (C=O) groups excluding carboxylic acids is 1. The highest BCUT2D eigenvalue weighted by molar-refractivity contribution is 5.99. The third kappa shape index (κ3) is 2.53. The van der Waals surface area contributed by atoms with E-state index < -0.39 is 0 Å². The topological polar surface area (TPSA) is 34.9 Å². The minimum atomic E-state index is -0.127. The molecule has 0 fully saturated rings. The van der Waals surface area contributed by atoms with E-state index in [0.29, 0.717) is 5.56 Å². The molecule has 0 N–H and O–H groups in total. The second kappa shape index (κ2) is 5.54. The highest BCUT2D eigenvalue weighted by Crippen LogP contribution is 2.18. The summed E-state index contributed by atoms with van der Waals surface area (Å²) in [5.74, 6) is -0.127. The highest BCUT2D eigenvalue weighted by Gasteiger charge is 2.11. The molecule has 4 aromatic rings. The molecule has 110 valence electrons. The summed E-state index contributed by atoms with van der Waals surface area (Å²) in [5, 5.41) is 6.57. The Hall–Kier alpha value is -3.20. The molecule has 0 saturated carbocycles. The smallest absolute Gasteiger partial charge is 0.267 e. The van der Waals surface area contributed by atoms with Crippen molar-refractivity contribution in [3.63, 3.8) is 0 Å². The molecule has 3 heteroatoms. The van der Waals surface area contributed by atoms with E-state index in [0.717, 1.165) is 22.0 Å². The van der Waals surface area contributed by atoms with Gasteiger partial charge >= 0.3 is 0 Å². The summed E-state index contributed by atoms with van der Waals surface area (Å²) in [6, 6.07) is 25.4. The summed E-state index contributed by atoms with van der Waals surface area (Å²) >= 11 is 0. The number of nitrogens with zero attached hydrogens (tertiary/aromatic N) is 2. The van der Waals surface area contributed by atoms with Gasteiger partial charge in [-0.25, -0.2) is 4.68 Å². The van der Waals surface area contributed by atoms with Crippen LogP contribution in [0.2, 0.25) is 0 Å². The van der Waals surface area contributed by atoms with E-state index in [2.05, 4.69) is 5.10 Å². The Morgan fingerprint density at radius 1 is 0.783 bits per heavy atom. The van der Waals surface area contributed by atoms with Crippen LogP contribution in [0.5, 0.6) is 0 Å². The molecule has 0 aliphatic carbocycles. The van der Waals surface area contributed by atoms with E-state index in [9.17, 15) is 4.79 Å². The number of fused-ring (bicyclic) bond motifs is 1. The molecular formula is C20H14N2O. The molecule has 0 amide bonds. The van der Waals surface area contributed by atoms with E-state index in [1.54, 1.807) is 6.20 Å². The first-order valence-corrected chi connectivity index (χ1v) is 7.46. The largest absolute Gasteiger partial charge is 0.278 e. The maximum atomic E-state index is 12.6. The van der Waals surface area contributed by atoms with Gasteiger partial charge in [0.1, 0.15) is 0 Å². The van der Waals surface area contributed by atoms with Crippen LogP contribution >= 0.6 is 0 Å². The third-order valence-corrected chi connectivity index (χ3v) is 3.86. The molecule has 0 saturated heterocycles. The summed E-state index contributed by atoms with van der Waals surface area (Å²) < 4.78 is 1.40. The summed E-state index contributed by atoms with van der Waals surface area (Å²) in [4.78, 5) is 12.6. The number of hydrogen-bond donors (Lipinski definition) is 0. The van der Waals surface area contributed by atoms with Gasteiger partial charge in [0, 0.05) is 17.3 Å². The first-order chi connectivity index (χ1) is 11.3. The van der Waals surface area contributed by atoms with Crippen molar-refractivity contribution in [3.8, 4) is 11.3 Å². The molecule has 4 rings (SSSR count). The Morgan fingerprint density at radius 2 is 1.52 bits per heavy atom. The molecule has 1 aromatic heterocycles. The van der Waals surface area contributed by atoms with Crippen molar-refractivity contribution in [2.75, 3.05) is 0 Å². The molecule has 23 heavy (non-hydrogen) atoms. The van der Waals surface area contributed by atoms with Gasteiger partial charge in [0.05, 0.1) is 5.69 Å². The van der Waals surface area contributed by atoms with Crippen molar-refractivity contribution in [1.82, 2.24) is 9.78 Å². The molecular weight excluding hydrogens is 284 g/mol. The monoisotopic (exact) mass is 298 g/mol. The van der Waals surface area contributed by atoms with Crippen LogP contribution in [0.4, 0.5) is 0 Å². The number of carbonyl (C=O) groups is 1. The summed E-state index contributed by atoms with van der Waals surface area (Å²) in [7, 11) is 0. The molecule has 0 aliphatic heterocycles. The lowest BCUT2D eigenvalue weighted by Crippen LogP contribution is -2.12. The second-order valence-corrected chi connectivity index (χ2v) is 5.38. The standard InChI is InChI=1S/C20H14N2O/c23-20(18-11-10-15-6-4-5-9-17(15)14-18)22-13-12-19(21-22)16-7-2-1-3-8-16/h1-14H. The van der Waals surface area contributed by atoms with Crippen LogP contribution in [0.15, 0.2) is 85.1 Å². The predicted molar refractivity (Wildman–Crippen MR) is 91.3 cm³/mol. The van der Waals surface area contributed by atoms with Crippen LogP contribution in [0.1, 0.15) is 10.4 Å². The van der Waals surface area contributed by atoms with E-state index in [-0.39, 0.29) is 5.91 Å². The van der Waals surface area contributed by atoms with Crippen molar-refractivity contribution < 1.29 is 4.79 Å². The van der Waals surface area contributed by atoms with Crippen LogP contribution in [-0.4, -0.2) is 15.7 Å². The fraction of sp³-hybridized carbons (Fsp3) is 0. The quantitative estimate of drug-likeness (QED) is 0.550. The van der Waals surface area contributed by atoms with Crippen molar-refractivity contribution in [3.05, 3.63) is 90.6 Å². The molecule has 0 unspecified atom stereocenters.